The molecule has 0 radical (unpaired) electrons. The number of rotatable bonds is 4. The summed E-state index contributed by atoms with van der Waals surface area (Å²) in [6, 6.07) is 3.58. The Balaban J connectivity index is 1.79. The number of urea groups is 1. The summed E-state index contributed by atoms with van der Waals surface area (Å²) in [6.45, 7) is 1.17. The van der Waals surface area contributed by atoms with Gasteiger partial charge >= 0.3 is 6.03 Å². The molecule has 8 heteroatoms. The van der Waals surface area contributed by atoms with Crippen molar-refractivity contribution in [2.75, 3.05) is 6.54 Å². The van der Waals surface area contributed by atoms with Crippen molar-refractivity contribution in [2.45, 2.75) is 44.6 Å². The SMILES string of the molecule is Cc1ccc(C(=O)CN2C(=O)NC3(CCCCC3)C2=O)cc1[N+](=O)[O-]. The van der Waals surface area contributed by atoms with Gasteiger partial charge in [-0.3, -0.25) is 24.6 Å². The Kier molecular flexibility index (Phi) is 4.28. The quantitative estimate of drug-likeness (QED) is 0.390. The monoisotopic (exact) mass is 345 g/mol. The van der Waals surface area contributed by atoms with Crippen LogP contribution in [0.3, 0.4) is 0 Å². The van der Waals surface area contributed by atoms with Crippen LogP contribution in [0.15, 0.2) is 18.2 Å². The normalized spacial score (nSPS) is 19.2. The summed E-state index contributed by atoms with van der Waals surface area (Å²) in [4.78, 5) is 48.7. The van der Waals surface area contributed by atoms with Gasteiger partial charge in [-0.05, 0) is 19.8 Å². The molecule has 1 aliphatic carbocycles. The molecule has 1 aliphatic heterocycles. The second-order valence-corrected chi connectivity index (χ2v) is 6.65. The van der Waals surface area contributed by atoms with E-state index in [1.54, 1.807) is 6.92 Å². The Morgan fingerprint density at radius 3 is 2.60 bits per heavy atom. The molecule has 0 atom stereocenters. The smallest absolute Gasteiger partial charge is 0.323 e. The van der Waals surface area contributed by atoms with E-state index in [1.807, 2.05) is 0 Å². The molecular formula is C17H19N3O5. The van der Waals surface area contributed by atoms with Crippen LogP contribution in [0.5, 0.6) is 0 Å². The van der Waals surface area contributed by atoms with Gasteiger partial charge in [-0.25, -0.2) is 4.79 Å². The maximum absolute atomic E-state index is 12.7. The maximum atomic E-state index is 12.7. The van der Waals surface area contributed by atoms with Crippen LogP contribution in [-0.2, 0) is 4.79 Å². The molecule has 1 spiro atoms. The van der Waals surface area contributed by atoms with Gasteiger partial charge in [-0.15, -0.1) is 0 Å². The number of ketones is 1. The number of nitro groups is 1. The highest BCUT2D eigenvalue weighted by Gasteiger charge is 2.51. The minimum Gasteiger partial charge on any atom is -0.323 e. The maximum Gasteiger partial charge on any atom is 0.325 e. The van der Waals surface area contributed by atoms with E-state index in [0.29, 0.717) is 18.4 Å². The van der Waals surface area contributed by atoms with E-state index in [9.17, 15) is 24.5 Å². The number of benzene rings is 1. The third-order valence-corrected chi connectivity index (χ3v) is 4.98. The molecular weight excluding hydrogens is 326 g/mol. The number of carbonyl (C=O) groups is 3. The lowest BCUT2D eigenvalue weighted by Crippen LogP contribution is -2.48. The fourth-order valence-corrected chi connectivity index (χ4v) is 3.53. The molecule has 1 aromatic carbocycles. The molecule has 1 aromatic rings. The van der Waals surface area contributed by atoms with Gasteiger partial charge < -0.3 is 5.32 Å². The molecule has 1 saturated heterocycles. The van der Waals surface area contributed by atoms with Gasteiger partial charge in [0.2, 0.25) is 0 Å². The average Bonchev–Trinajstić information content (AvgIpc) is 2.79. The van der Waals surface area contributed by atoms with E-state index < -0.39 is 28.8 Å². The lowest BCUT2D eigenvalue weighted by molar-refractivity contribution is -0.385. The Morgan fingerprint density at radius 1 is 1.28 bits per heavy atom. The van der Waals surface area contributed by atoms with Crippen LogP contribution in [0.1, 0.15) is 48.0 Å². The van der Waals surface area contributed by atoms with Gasteiger partial charge in [0, 0.05) is 17.2 Å². The molecule has 3 rings (SSSR count). The number of nitrogens with one attached hydrogen (secondary N) is 1. The second-order valence-electron chi connectivity index (χ2n) is 6.65. The molecule has 0 bridgehead atoms. The molecule has 25 heavy (non-hydrogen) atoms. The summed E-state index contributed by atoms with van der Waals surface area (Å²) in [5.41, 5.74) is -0.485. The molecule has 3 amide bonds. The first-order valence-corrected chi connectivity index (χ1v) is 8.26. The van der Waals surface area contributed by atoms with Crippen LogP contribution in [0.2, 0.25) is 0 Å². The summed E-state index contributed by atoms with van der Waals surface area (Å²) in [5.74, 6) is -0.869. The number of carbonyl (C=O) groups excluding carboxylic acids is 3. The topological polar surface area (TPSA) is 110 Å². The van der Waals surface area contributed by atoms with Gasteiger partial charge in [0.25, 0.3) is 11.6 Å². The van der Waals surface area contributed by atoms with E-state index in [0.717, 1.165) is 24.2 Å². The number of hydrogen-bond acceptors (Lipinski definition) is 5. The molecule has 1 saturated carbocycles. The molecule has 132 valence electrons. The van der Waals surface area contributed by atoms with Crippen LogP contribution in [0, 0.1) is 17.0 Å². The van der Waals surface area contributed by atoms with Gasteiger partial charge in [0.1, 0.15) is 5.54 Å². The number of amides is 3. The van der Waals surface area contributed by atoms with Crippen molar-refractivity contribution in [3.8, 4) is 0 Å². The minimum absolute atomic E-state index is 0.113. The zero-order valence-corrected chi connectivity index (χ0v) is 13.9. The standard InChI is InChI=1S/C17H19N3O5/c1-11-5-6-12(9-13(11)20(24)25)14(21)10-19-15(22)17(18-16(19)23)7-3-2-4-8-17/h5-6,9H,2-4,7-8,10H2,1H3,(H,18,23). The fraction of sp³-hybridized carbons (Fsp3) is 0.471. The Labute approximate surface area is 144 Å². The van der Waals surface area contributed by atoms with Crippen molar-refractivity contribution in [2.24, 2.45) is 0 Å². The van der Waals surface area contributed by atoms with Crippen LogP contribution < -0.4 is 5.32 Å². The molecule has 1 heterocycles. The first-order chi connectivity index (χ1) is 11.8. The molecule has 1 N–H and O–H groups in total. The summed E-state index contributed by atoms with van der Waals surface area (Å²) in [6.07, 6.45) is 3.91. The molecule has 2 fully saturated rings. The Morgan fingerprint density at radius 2 is 1.96 bits per heavy atom. The third kappa shape index (κ3) is 2.99. The van der Waals surface area contributed by atoms with Crippen molar-refractivity contribution < 1.29 is 19.3 Å². The molecule has 2 aliphatic rings. The van der Waals surface area contributed by atoms with E-state index in [4.69, 9.17) is 0 Å². The first-order valence-electron chi connectivity index (χ1n) is 8.26. The van der Waals surface area contributed by atoms with Crippen molar-refractivity contribution >= 4 is 23.4 Å². The molecule has 0 aromatic heterocycles. The van der Waals surface area contributed by atoms with E-state index >= 15 is 0 Å². The highest BCUT2D eigenvalue weighted by Crippen LogP contribution is 2.33. The van der Waals surface area contributed by atoms with Crippen molar-refractivity contribution in [1.82, 2.24) is 10.2 Å². The van der Waals surface area contributed by atoms with E-state index in [2.05, 4.69) is 5.32 Å². The van der Waals surface area contributed by atoms with Crippen LogP contribution >= 0.6 is 0 Å². The number of Topliss-reactive ketones (excluding diaryl/α,β-unsaturated/α-hetero) is 1. The minimum atomic E-state index is -0.880. The third-order valence-electron chi connectivity index (χ3n) is 4.98. The predicted molar refractivity (Wildman–Crippen MR) is 88.2 cm³/mol. The highest BCUT2D eigenvalue weighted by molar-refractivity contribution is 6.11. The van der Waals surface area contributed by atoms with Crippen LogP contribution in [0.25, 0.3) is 0 Å². The lowest BCUT2D eigenvalue weighted by Gasteiger charge is -2.30. The van der Waals surface area contributed by atoms with Crippen molar-refractivity contribution in [1.29, 1.82) is 0 Å². The van der Waals surface area contributed by atoms with Gasteiger partial charge in [-0.2, -0.15) is 0 Å². The second kappa shape index (κ2) is 6.27. The van der Waals surface area contributed by atoms with Crippen molar-refractivity contribution in [3.63, 3.8) is 0 Å². The number of imide groups is 1. The van der Waals surface area contributed by atoms with Gasteiger partial charge in [0.05, 0.1) is 11.5 Å². The van der Waals surface area contributed by atoms with Gasteiger partial charge in [0.15, 0.2) is 5.78 Å². The van der Waals surface area contributed by atoms with Crippen LogP contribution in [0.4, 0.5) is 10.5 Å². The summed E-state index contributed by atoms with van der Waals surface area (Å²) in [7, 11) is 0. The Bertz CT molecular complexity index is 768. The summed E-state index contributed by atoms with van der Waals surface area (Å²) < 4.78 is 0. The van der Waals surface area contributed by atoms with Crippen molar-refractivity contribution in [3.05, 3.63) is 39.4 Å². The number of aryl methyl sites for hydroxylation is 1. The summed E-state index contributed by atoms with van der Waals surface area (Å²) >= 11 is 0. The molecule has 0 unspecified atom stereocenters. The summed E-state index contributed by atoms with van der Waals surface area (Å²) in [5, 5.41) is 13.8. The average molecular weight is 345 g/mol. The zero-order chi connectivity index (χ0) is 18.2. The lowest BCUT2D eigenvalue weighted by atomic mass is 9.82. The highest BCUT2D eigenvalue weighted by atomic mass is 16.6. The van der Waals surface area contributed by atoms with E-state index in [-0.39, 0.29) is 17.2 Å². The van der Waals surface area contributed by atoms with Crippen LogP contribution in [-0.4, -0.2) is 39.6 Å². The predicted octanol–water partition coefficient (Wildman–Crippen LogP) is 2.34. The molecule has 8 nitrogen and oxygen atoms in total. The fourth-order valence-electron chi connectivity index (χ4n) is 3.53. The zero-order valence-electron chi connectivity index (χ0n) is 13.9. The first kappa shape index (κ1) is 17.1. The number of hydrogen-bond donors (Lipinski definition) is 1. The van der Waals surface area contributed by atoms with Gasteiger partial charge in [-0.1, -0.05) is 31.4 Å². The Hall–Kier alpha value is -2.77. The largest absolute Gasteiger partial charge is 0.325 e. The van der Waals surface area contributed by atoms with E-state index in [1.165, 1.54) is 18.2 Å². The number of nitro benzene ring substituents is 1. The number of nitrogens with zero attached hydrogens (tertiary/aromatic N) is 2.